The molecule has 2 atom stereocenters. The minimum atomic E-state index is -0.999. The van der Waals surface area contributed by atoms with Crippen molar-refractivity contribution in [1.29, 1.82) is 0 Å². The van der Waals surface area contributed by atoms with Gasteiger partial charge in [-0.1, -0.05) is 6.92 Å². The normalized spacial score (nSPS) is 13.6. The number of carbonyl (C=O) groups excluding carboxylic acids is 1. The van der Waals surface area contributed by atoms with E-state index in [0.29, 0.717) is 6.42 Å². The number of aliphatic hydroxyl groups excluding tert-OH is 1. The molecule has 0 rings (SSSR count). The monoisotopic (exact) mass is 279 g/mol. The molecule has 1 amide bonds. The van der Waals surface area contributed by atoms with Crippen LogP contribution in [0.2, 0.25) is 0 Å². The average Bonchev–Trinajstić information content (AvgIpc) is 2.38. The van der Waals surface area contributed by atoms with Gasteiger partial charge in [-0.15, -0.1) is 0 Å². The van der Waals surface area contributed by atoms with E-state index in [1.165, 1.54) is 7.11 Å². The standard InChI is InChI=1S/C11H21NO7/c1-3-8(19-10(6-13)17-2)7-18-11(16)12-5-4-9(14)15/h8,10,13H,3-7H2,1-2H3,(H,12,16)(H,14,15). The van der Waals surface area contributed by atoms with Crippen LogP contribution in [0.1, 0.15) is 19.8 Å². The summed E-state index contributed by atoms with van der Waals surface area (Å²) in [4.78, 5) is 21.4. The van der Waals surface area contributed by atoms with E-state index in [1.807, 2.05) is 6.92 Å². The zero-order valence-electron chi connectivity index (χ0n) is 11.1. The fraction of sp³-hybridized carbons (Fsp3) is 0.818. The van der Waals surface area contributed by atoms with Crippen molar-refractivity contribution in [3.8, 4) is 0 Å². The first-order valence-electron chi connectivity index (χ1n) is 5.95. The number of hydrogen-bond donors (Lipinski definition) is 3. The van der Waals surface area contributed by atoms with Crippen LogP contribution < -0.4 is 5.32 Å². The molecular weight excluding hydrogens is 258 g/mol. The molecule has 0 aromatic carbocycles. The van der Waals surface area contributed by atoms with Gasteiger partial charge in [0.25, 0.3) is 0 Å². The van der Waals surface area contributed by atoms with Crippen LogP contribution in [0.5, 0.6) is 0 Å². The predicted octanol–water partition coefficient (Wildman–Crippen LogP) is -0.0527. The second-order valence-corrected chi connectivity index (χ2v) is 3.68. The number of aliphatic carboxylic acids is 1. The molecule has 0 heterocycles. The third kappa shape index (κ3) is 9.23. The summed E-state index contributed by atoms with van der Waals surface area (Å²) < 4.78 is 15.0. The largest absolute Gasteiger partial charge is 0.481 e. The number of ether oxygens (including phenoxy) is 3. The Morgan fingerprint density at radius 2 is 2.05 bits per heavy atom. The van der Waals surface area contributed by atoms with Crippen molar-refractivity contribution in [1.82, 2.24) is 5.32 Å². The zero-order valence-corrected chi connectivity index (χ0v) is 11.1. The van der Waals surface area contributed by atoms with Gasteiger partial charge >= 0.3 is 12.1 Å². The number of methoxy groups -OCH3 is 1. The summed E-state index contributed by atoms with van der Waals surface area (Å²) in [7, 11) is 1.40. The lowest BCUT2D eigenvalue weighted by Gasteiger charge is -2.21. The number of rotatable bonds is 10. The molecule has 0 fully saturated rings. The predicted molar refractivity (Wildman–Crippen MR) is 64.7 cm³/mol. The molecule has 19 heavy (non-hydrogen) atoms. The van der Waals surface area contributed by atoms with Crippen molar-refractivity contribution in [2.45, 2.75) is 32.2 Å². The Bertz CT molecular complexity index is 268. The van der Waals surface area contributed by atoms with Crippen LogP contribution in [0.3, 0.4) is 0 Å². The smallest absolute Gasteiger partial charge is 0.407 e. The van der Waals surface area contributed by atoms with E-state index in [9.17, 15) is 9.59 Å². The van der Waals surface area contributed by atoms with Gasteiger partial charge in [-0.3, -0.25) is 4.79 Å². The van der Waals surface area contributed by atoms with Gasteiger partial charge in [-0.05, 0) is 6.42 Å². The van der Waals surface area contributed by atoms with Crippen LogP contribution in [0, 0.1) is 0 Å². The van der Waals surface area contributed by atoms with Gasteiger partial charge in [0.2, 0.25) is 0 Å². The van der Waals surface area contributed by atoms with E-state index in [0.717, 1.165) is 0 Å². The van der Waals surface area contributed by atoms with Gasteiger partial charge in [-0.25, -0.2) is 4.79 Å². The number of alkyl carbamates (subject to hydrolysis) is 1. The summed E-state index contributed by atoms with van der Waals surface area (Å²) in [5.41, 5.74) is 0. The number of carbonyl (C=O) groups is 2. The molecule has 0 aliphatic heterocycles. The van der Waals surface area contributed by atoms with Crippen LogP contribution in [0.25, 0.3) is 0 Å². The molecule has 0 spiro atoms. The molecule has 8 nitrogen and oxygen atoms in total. The fourth-order valence-electron chi connectivity index (χ4n) is 1.13. The molecule has 112 valence electrons. The van der Waals surface area contributed by atoms with Gasteiger partial charge < -0.3 is 29.7 Å². The van der Waals surface area contributed by atoms with E-state index in [2.05, 4.69) is 5.32 Å². The van der Waals surface area contributed by atoms with Crippen LogP contribution >= 0.6 is 0 Å². The Balaban J connectivity index is 3.86. The Kier molecular flexibility index (Phi) is 9.77. The van der Waals surface area contributed by atoms with Gasteiger partial charge in [0.05, 0.1) is 19.1 Å². The summed E-state index contributed by atoms with van der Waals surface area (Å²) in [6.07, 6.45) is -1.46. The second kappa shape index (κ2) is 10.5. The molecule has 0 saturated heterocycles. The topological polar surface area (TPSA) is 114 Å². The van der Waals surface area contributed by atoms with Crippen molar-refractivity contribution in [3.63, 3.8) is 0 Å². The van der Waals surface area contributed by atoms with Crippen molar-refractivity contribution in [2.75, 3.05) is 26.9 Å². The van der Waals surface area contributed by atoms with Crippen molar-refractivity contribution >= 4 is 12.1 Å². The van der Waals surface area contributed by atoms with Gasteiger partial charge in [0.1, 0.15) is 6.61 Å². The third-order valence-electron chi connectivity index (χ3n) is 2.22. The highest BCUT2D eigenvalue weighted by Gasteiger charge is 2.16. The van der Waals surface area contributed by atoms with E-state index in [-0.39, 0.29) is 26.2 Å². The Labute approximate surface area is 111 Å². The van der Waals surface area contributed by atoms with Crippen molar-refractivity contribution in [3.05, 3.63) is 0 Å². The number of carboxylic acids is 1. The summed E-state index contributed by atoms with van der Waals surface area (Å²) in [5.74, 6) is -0.999. The number of hydrogen-bond acceptors (Lipinski definition) is 6. The molecule has 2 unspecified atom stereocenters. The Morgan fingerprint density at radius 1 is 1.37 bits per heavy atom. The van der Waals surface area contributed by atoms with Gasteiger partial charge in [0.15, 0.2) is 6.29 Å². The molecule has 0 aliphatic rings. The summed E-state index contributed by atoms with van der Waals surface area (Å²) in [5, 5.41) is 19.6. The van der Waals surface area contributed by atoms with Crippen LogP contribution in [0.4, 0.5) is 4.79 Å². The highest BCUT2D eigenvalue weighted by atomic mass is 16.7. The minimum absolute atomic E-state index is 0.00313. The summed E-state index contributed by atoms with van der Waals surface area (Å²) >= 11 is 0. The quantitative estimate of drug-likeness (QED) is 0.480. The van der Waals surface area contributed by atoms with E-state index in [4.69, 9.17) is 24.4 Å². The number of carboxylic acid groups (broad SMARTS) is 1. The average molecular weight is 279 g/mol. The first-order valence-corrected chi connectivity index (χ1v) is 5.95. The van der Waals surface area contributed by atoms with E-state index >= 15 is 0 Å². The lowest BCUT2D eigenvalue weighted by atomic mass is 10.3. The minimum Gasteiger partial charge on any atom is -0.481 e. The SMILES string of the molecule is CCC(COC(=O)NCCC(=O)O)OC(CO)OC. The molecular formula is C11H21NO7. The van der Waals surface area contributed by atoms with Crippen molar-refractivity contribution in [2.24, 2.45) is 0 Å². The fourth-order valence-corrected chi connectivity index (χ4v) is 1.13. The summed E-state index contributed by atoms with van der Waals surface area (Å²) in [6, 6.07) is 0. The molecule has 3 N–H and O–H groups in total. The van der Waals surface area contributed by atoms with E-state index < -0.39 is 24.5 Å². The molecule has 0 aliphatic carbocycles. The van der Waals surface area contributed by atoms with Crippen LogP contribution in [-0.2, 0) is 19.0 Å². The maximum Gasteiger partial charge on any atom is 0.407 e. The first-order chi connectivity index (χ1) is 9.03. The lowest BCUT2D eigenvalue weighted by Crippen LogP contribution is -2.33. The second-order valence-electron chi connectivity index (χ2n) is 3.68. The Hall–Kier alpha value is -1.38. The van der Waals surface area contributed by atoms with Crippen molar-refractivity contribution < 1.29 is 34.0 Å². The molecule has 0 aromatic heterocycles. The Morgan fingerprint density at radius 3 is 2.53 bits per heavy atom. The summed E-state index contributed by atoms with van der Waals surface area (Å²) in [6.45, 7) is 1.54. The third-order valence-corrected chi connectivity index (χ3v) is 2.22. The molecule has 0 saturated carbocycles. The molecule has 8 heteroatoms. The first kappa shape index (κ1) is 17.6. The lowest BCUT2D eigenvalue weighted by molar-refractivity contribution is -0.181. The molecule has 0 bridgehead atoms. The number of amides is 1. The number of aliphatic hydroxyl groups is 1. The van der Waals surface area contributed by atoms with Gasteiger partial charge in [-0.2, -0.15) is 0 Å². The maximum absolute atomic E-state index is 11.2. The van der Waals surface area contributed by atoms with Crippen LogP contribution in [-0.4, -0.2) is 61.5 Å². The maximum atomic E-state index is 11.2. The highest BCUT2D eigenvalue weighted by molar-refractivity contribution is 5.70. The molecule has 0 aromatic rings. The number of nitrogens with one attached hydrogen (secondary N) is 1. The van der Waals surface area contributed by atoms with Gasteiger partial charge in [0, 0.05) is 13.7 Å². The zero-order chi connectivity index (χ0) is 14.7. The molecule has 0 radical (unpaired) electrons. The highest BCUT2D eigenvalue weighted by Crippen LogP contribution is 2.04. The van der Waals surface area contributed by atoms with Crippen LogP contribution in [0.15, 0.2) is 0 Å². The van der Waals surface area contributed by atoms with E-state index in [1.54, 1.807) is 0 Å².